The lowest BCUT2D eigenvalue weighted by atomic mass is 9.95. The third kappa shape index (κ3) is 7.84. The van der Waals surface area contributed by atoms with Crippen molar-refractivity contribution in [1.82, 2.24) is 14.8 Å². The van der Waals surface area contributed by atoms with Crippen LogP contribution in [0.3, 0.4) is 0 Å². The molecule has 1 atom stereocenters. The van der Waals surface area contributed by atoms with Crippen LogP contribution in [0, 0.1) is 0 Å². The largest absolute Gasteiger partial charge is 0.490 e. The number of anilines is 1. The maximum Gasteiger partial charge on any atom is 0.338 e. The van der Waals surface area contributed by atoms with Gasteiger partial charge in [-0.05, 0) is 66.4 Å². The van der Waals surface area contributed by atoms with Crippen LogP contribution in [0.25, 0.3) is 0 Å². The quantitative estimate of drug-likeness (QED) is 0.101. The Morgan fingerprint density at radius 3 is 2.45 bits per heavy atom. The molecule has 1 N–H and O–H groups in total. The summed E-state index contributed by atoms with van der Waals surface area (Å²) in [5.74, 6) is 1.80. The summed E-state index contributed by atoms with van der Waals surface area (Å²) in [7, 11) is 0. The van der Waals surface area contributed by atoms with E-state index in [-0.39, 0.29) is 6.61 Å². The normalized spacial score (nSPS) is 13.9. The molecule has 2 heterocycles. The van der Waals surface area contributed by atoms with E-state index in [1.807, 2.05) is 111 Å². The summed E-state index contributed by atoms with van der Waals surface area (Å²) >= 11 is 11.3. The summed E-state index contributed by atoms with van der Waals surface area (Å²) in [6.45, 7) is 4.71. The number of nitrogens with one attached hydrogen (secondary N) is 1. The van der Waals surface area contributed by atoms with E-state index in [9.17, 15) is 4.79 Å². The lowest BCUT2D eigenvalue weighted by Crippen LogP contribution is -2.29. The number of carbonyl (C=O) groups excluding carboxylic acids is 1. The van der Waals surface area contributed by atoms with Crippen LogP contribution in [0.2, 0.25) is 5.02 Å². The second kappa shape index (κ2) is 15.1. The molecular formula is C36H32BrClN4O4S. The van der Waals surface area contributed by atoms with E-state index in [1.165, 1.54) is 11.8 Å². The number of nitrogens with zero attached hydrogens (tertiary/aromatic N) is 3. The van der Waals surface area contributed by atoms with Crippen LogP contribution < -0.4 is 14.8 Å². The molecule has 47 heavy (non-hydrogen) atoms. The van der Waals surface area contributed by atoms with Crippen LogP contribution in [0.4, 0.5) is 5.95 Å². The SMILES string of the molecule is CCOc1cc(C2C(C(=O)OCc3ccccc3)=C(C)Nc3nc(SCc4ccccc4Cl)nn32)ccc1OCc1ccc(Br)cc1. The maximum absolute atomic E-state index is 13.8. The first-order valence-corrected chi connectivity index (χ1v) is 17.2. The van der Waals surface area contributed by atoms with Crippen molar-refractivity contribution in [3.8, 4) is 11.5 Å². The molecule has 0 spiro atoms. The number of esters is 1. The molecule has 0 saturated heterocycles. The van der Waals surface area contributed by atoms with Crippen LogP contribution in [0.15, 0.2) is 118 Å². The highest BCUT2D eigenvalue weighted by Crippen LogP contribution is 2.40. The van der Waals surface area contributed by atoms with E-state index in [0.29, 0.717) is 57.9 Å². The number of rotatable bonds is 12. The Hall–Kier alpha value is -4.25. The van der Waals surface area contributed by atoms with E-state index >= 15 is 0 Å². The Kier molecular flexibility index (Phi) is 10.5. The van der Waals surface area contributed by atoms with Crippen molar-refractivity contribution in [2.75, 3.05) is 11.9 Å². The fourth-order valence-corrected chi connectivity index (χ4v) is 6.53. The first-order chi connectivity index (χ1) is 22.9. The molecule has 0 radical (unpaired) electrons. The highest BCUT2D eigenvalue weighted by Gasteiger charge is 2.36. The highest BCUT2D eigenvalue weighted by atomic mass is 79.9. The molecule has 6 rings (SSSR count). The lowest BCUT2D eigenvalue weighted by molar-refractivity contribution is -0.140. The molecule has 0 amide bonds. The maximum atomic E-state index is 13.8. The van der Waals surface area contributed by atoms with Gasteiger partial charge >= 0.3 is 5.97 Å². The number of hydrogen-bond donors (Lipinski definition) is 1. The smallest absolute Gasteiger partial charge is 0.338 e. The van der Waals surface area contributed by atoms with Crippen LogP contribution >= 0.6 is 39.3 Å². The highest BCUT2D eigenvalue weighted by molar-refractivity contribution is 9.10. The van der Waals surface area contributed by atoms with Gasteiger partial charge in [0, 0.05) is 20.9 Å². The number of fused-ring (bicyclic) bond motifs is 1. The monoisotopic (exact) mass is 730 g/mol. The summed E-state index contributed by atoms with van der Waals surface area (Å²) in [4.78, 5) is 18.6. The van der Waals surface area contributed by atoms with Gasteiger partial charge in [0.15, 0.2) is 11.5 Å². The molecule has 240 valence electrons. The Morgan fingerprint density at radius 1 is 0.936 bits per heavy atom. The van der Waals surface area contributed by atoms with E-state index in [1.54, 1.807) is 4.68 Å². The van der Waals surface area contributed by atoms with Crippen molar-refractivity contribution < 1.29 is 19.0 Å². The second-order valence-electron chi connectivity index (χ2n) is 10.7. The Balaban J connectivity index is 1.33. The molecule has 1 aliphatic rings. The van der Waals surface area contributed by atoms with E-state index < -0.39 is 12.0 Å². The number of allylic oxidation sites excluding steroid dienone is 1. The zero-order chi connectivity index (χ0) is 32.8. The molecule has 1 unspecified atom stereocenters. The van der Waals surface area contributed by atoms with Gasteiger partial charge in [0.2, 0.25) is 11.1 Å². The third-order valence-electron chi connectivity index (χ3n) is 7.47. The molecule has 8 nitrogen and oxygen atoms in total. The zero-order valence-corrected chi connectivity index (χ0v) is 28.9. The summed E-state index contributed by atoms with van der Waals surface area (Å²) in [5.41, 5.74) is 4.72. The van der Waals surface area contributed by atoms with Crippen molar-refractivity contribution in [2.45, 2.75) is 44.0 Å². The lowest BCUT2D eigenvalue weighted by Gasteiger charge is -2.28. The fourth-order valence-electron chi connectivity index (χ4n) is 5.15. The van der Waals surface area contributed by atoms with Gasteiger partial charge in [0.05, 0.1) is 12.2 Å². The van der Waals surface area contributed by atoms with Crippen LogP contribution in [0.1, 0.15) is 42.1 Å². The number of hydrogen-bond acceptors (Lipinski definition) is 8. The molecule has 0 aliphatic carbocycles. The van der Waals surface area contributed by atoms with E-state index in [2.05, 4.69) is 21.2 Å². The van der Waals surface area contributed by atoms with Gasteiger partial charge in [-0.1, -0.05) is 106 Å². The van der Waals surface area contributed by atoms with E-state index in [4.69, 9.17) is 35.9 Å². The number of halogens is 2. The number of carbonyl (C=O) groups is 1. The average Bonchev–Trinajstić information content (AvgIpc) is 3.49. The van der Waals surface area contributed by atoms with Crippen molar-refractivity contribution in [2.24, 2.45) is 0 Å². The van der Waals surface area contributed by atoms with Gasteiger partial charge in [-0.25, -0.2) is 9.48 Å². The predicted octanol–water partition coefficient (Wildman–Crippen LogP) is 9.00. The zero-order valence-electron chi connectivity index (χ0n) is 25.8. The number of aromatic nitrogens is 3. The second-order valence-corrected chi connectivity index (χ2v) is 13.0. The average molecular weight is 732 g/mol. The number of benzene rings is 4. The number of thioether (sulfide) groups is 1. The van der Waals surface area contributed by atoms with Crippen LogP contribution in [-0.2, 0) is 28.5 Å². The van der Waals surface area contributed by atoms with Crippen molar-refractivity contribution in [3.05, 3.63) is 140 Å². The summed E-state index contributed by atoms with van der Waals surface area (Å²) in [6.07, 6.45) is 0. The van der Waals surface area contributed by atoms with Gasteiger partial charge in [0.1, 0.15) is 19.3 Å². The molecule has 1 aromatic heterocycles. The molecular weight excluding hydrogens is 700 g/mol. The van der Waals surface area contributed by atoms with E-state index in [0.717, 1.165) is 26.7 Å². The van der Waals surface area contributed by atoms with Crippen LogP contribution in [-0.4, -0.2) is 27.3 Å². The first-order valence-electron chi connectivity index (χ1n) is 15.0. The molecule has 5 aromatic rings. The van der Waals surface area contributed by atoms with Gasteiger partial charge in [-0.3, -0.25) is 0 Å². The minimum atomic E-state index is -0.642. The Labute approximate surface area is 291 Å². The Morgan fingerprint density at radius 2 is 1.68 bits per heavy atom. The van der Waals surface area contributed by atoms with Crippen molar-refractivity contribution in [1.29, 1.82) is 0 Å². The summed E-state index contributed by atoms with van der Waals surface area (Å²) < 4.78 is 20.8. The van der Waals surface area contributed by atoms with Crippen molar-refractivity contribution >= 4 is 51.2 Å². The third-order valence-corrected chi connectivity index (χ3v) is 9.26. The summed E-state index contributed by atoms with van der Waals surface area (Å²) in [6, 6.07) is 30.3. The van der Waals surface area contributed by atoms with Gasteiger partial charge in [-0.2, -0.15) is 4.98 Å². The molecule has 1 aliphatic heterocycles. The molecule has 0 bridgehead atoms. The fraction of sp³-hybridized carbons (Fsp3) is 0.194. The van der Waals surface area contributed by atoms with Gasteiger partial charge in [0.25, 0.3) is 0 Å². The van der Waals surface area contributed by atoms with Gasteiger partial charge < -0.3 is 19.5 Å². The first kappa shape index (κ1) is 32.7. The summed E-state index contributed by atoms with van der Waals surface area (Å²) in [5, 5.41) is 9.38. The predicted molar refractivity (Wildman–Crippen MR) is 188 cm³/mol. The Bertz CT molecular complexity index is 1900. The molecule has 0 fully saturated rings. The minimum absolute atomic E-state index is 0.138. The minimum Gasteiger partial charge on any atom is -0.490 e. The topological polar surface area (TPSA) is 87.5 Å². The molecule has 4 aromatic carbocycles. The van der Waals surface area contributed by atoms with Gasteiger partial charge in [-0.15, -0.1) is 5.10 Å². The molecule has 0 saturated carbocycles. The number of ether oxygens (including phenoxy) is 3. The molecule has 11 heteroatoms. The van der Waals surface area contributed by atoms with Crippen LogP contribution in [0.5, 0.6) is 11.5 Å². The van der Waals surface area contributed by atoms with Crippen molar-refractivity contribution in [3.63, 3.8) is 0 Å². The standard InChI is InChI=1S/C36H32BrClN4O4S/c1-3-44-31-19-26(15-18-30(31)45-20-25-13-16-28(37)17-14-25)33-32(34(43)46-21-24-9-5-4-6-10-24)23(2)39-35-40-36(41-42(33)35)47-22-27-11-7-8-12-29(27)38/h4-19,33H,3,20-22H2,1-2H3,(H,39,40,41).